The van der Waals surface area contributed by atoms with Crippen molar-refractivity contribution in [2.45, 2.75) is 18.9 Å². The molecule has 0 atom stereocenters. The Labute approximate surface area is 117 Å². The molecular weight excluding hydrogens is 254 g/mol. The maximum atomic E-state index is 12.3. The standard InChI is InChI=1S/C15H17N3O2/c19-14-6-10-17(11-7-14)15(20)12-2-4-13(5-3-12)18-9-1-8-16-18/h1-5,8-9,14,19H,6-7,10-11H2. The van der Waals surface area contributed by atoms with Crippen LogP contribution in [0.1, 0.15) is 23.2 Å². The predicted octanol–water partition coefficient (Wildman–Crippen LogP) is 1.47. The molecular formula is C15H17N3O2. The topological polar surface area (TPSA) is 58.4 Å². The van der Waals surface area contributed by atoms with Gasteiger partial charge in [0.15, 0.2) is 0 Å². The molecule has 1 aliphatic rings. The summed E-state index contributed by atoms with van der Waals surface area (Å²) in [6.45, 7) is 1.25. The van der Waals surface area contributed by atoms with Crippen LogP contribution >= 0.6 is 0 Å². The first-order chi connectivity index (χ1) is 9.74. The van der Waals surface area contributed by atoms with E-state index in [9.17, 15) is 9.90 Å². The minimum Gasteiger partial charge on any atom is -0.393 e. The number of likely N-dealkylation sites (tertiary alicyclic amines) is 1. The summed E-state index contributed by atoms with van der Waals surface area (Å²) in [6, 6.07) is 9.28. The minimum absolute atomic E-state index is 0.0314. The number of amides is 1. The van der Waals surface area contributed by atoms with Crippen LogP contribution in [-0.2, 0) is 0 Å². The normalized spacial score (nSPS) is 16.4. The molecule has 0 bridgehead atoms. The lowest BCUT2D eigenvalue weighted by Gasteiger charge is -2.29. The van der Waals surface area contributed by atoms with Gasteiger partial charge in [-0.1, -0.05) is 0 Å². The van der Waals surface area contributed by atoms with Crippen LogP contribution in [-0.4, -0.2) is 44.9 Å². The van der Waals surface area contributed by atoms with E-state index in [4.69, 9.17) is 0 Å². The summed E-state index contributed by atoms with van der Waals surface area (Å²) >= 11 is 0. The van der Waals surface area contributed by atoms with Crippen molar-refractivity contribution in [3.8, 4) is 5.69 Å². The lowest BCUT2D eigenvalue weighted by Crippen LogP contribution is -2.40. The van der Waals surface area contributed by atoms with E-state index in [-0.39, 0.29) is 12.0 Å². The highest BCUT2D eigenvalue weighted by Crippen LogP contribution is 2.15. The number of carbonyl (C=O) groups excluding carboxylic acids is 1. The Hall–Kier alpha value is -2.14. The molecule has 1 amide bonds. The zero-order valence-electron chi connectivity index (χ0n) is 11.1. The number of aliphatic hydroxyl groups is 1. The van der Waals surface area contributed by atoms with Crippen LogP contribution in [0.5, 0.6) is 0 Å². The minimum atomic E-state index is -0.263. The highest BCUT2D eigenvalue weighted by atomic mass is 16.3. The van der Waals surface area contributed by atoms with Gasteiger partial charge in [0.1, 0.15) is 0 Å². The second-order valence-corrected chi connectivity index (χ2v) is 5.02. The molecule has 20 heavy (non-hydrogen) atoms. The number of hydrogen-bond donors (Lipinski definition) is 1. The number of carbonyl (C=O) groups is 1. The zero-order chi connectivity index (χ0) is 13.9. The Kier molecular flexibility index (Phi) is 3.52. The number of piperidine rings is 1. The number of aliphatic hydroxyl groups excluding tert-OH is 1. The van der Waals surface area contributed by atoms with Gasteiger partial charge in [-0.15, -0.1) is 0 Å². The summed E-state index contributed by atoms with van der Waals surface area (Å²) in [5.74, 6) is 0.0314. The number of rotatable bonds is 2. The number of aromatic nitrogens is 2. The van der Waals surface area contributed by atoms with E-state index in [0.717, 1.165) is 5.69 Å². The highest BCUT2D eigenvalue weighted by Gasteiger charge is 2.22. The van der Waals surface area contributed by atoms with Crippen LogP contribution in [0.2, 0.25) is 0 Å². The van der Waals surface area contributed by atoms with Crippen molar-refractivity contribution < 1.29 is 9.90 Å². The van der Waals surface area contributed by atoms with Gasteiger partial charge in [-0.25, -0.2) is 4.68 Å². The number of benzene rings is 1. The van der Waals surface area contributed by atoms with Crippen LogP contribution < -0.4 is 0 Å². The third-order valence-electron chi connectivity index (χ3n) is 3.63. The number of hydrogen-bond acceptors (Lipinski definition) is 3. The quantitative estimate of drug-likeness (QED) is 0.900. The third-order valence-corrected chi connectivity index (χ3v) is 3.63. The Balaban J connectivity index is 1.73. The average molecular weight is 271 g/mol. The summed E-state index contributed by atoms with van der Waals surface area (Å²) in [5.41, 5.74) is 1.61. The molecule has 5 heteroatoms. The van der Waals surface area contributed by atoms with Crippen molar-refractivity contribution >= 4 is 5.91 Å². The molecule has 0 radical (unpaired) electrons. The molecule has 1 aromatic heterocycles. The monoisotopic (exact) mass is 271 g/mol. The van der Waals surface area contributed by atoms with Crippen LogP contribution in [0.15, 0.2) is 42.7 Å². The van der Waals surface area contributed by atoms with Crippen LogP contribution in [0.4, 0.5) is 0 Å². The van der Waals surface area contributed by atoms with Crippen molar-refractivity contribution in [2.24, 2.45) is 0 Å². The Bertz CT molecular complexity index is 570. The fourth-order valence-electron chi connectivity index (χ4n) is 2.43. The summed E-state index contributed by atoms with van der Waals surface area (Å²) < 4.78 is 1.76. The first-order valence-electron chi connectivity index (χ1n) is 6.81. The molecule has 1 aromatic carbocycles. The molecule has 0 aliphatic carbocycles. The lowest BCUT2D eigenvalue weighted by molar-refractivity contribution is 0.0546. The van der Waals surface area contributed by atoms with Gasteiger partial charge in [-0.2, -0.15) is 5.10 Å². The van der Waals surface area contributed by atoms with Crippen LogP contribution in [0.3, 0.4) is 0 Å². The molecule has 1 aliphatic heterocycles. The molecule has 1 saturated heterocycles. The molecule has 0 saturated carbocycles. The molecule has 3 rings (SSSR count). The van der Waals surface area contributed by atoms with Crippen molar-refractivity contribution in [3.63, 3.8) is 0 Å². The molecule has 0 unspecified atom stereocenters. The summed E-state index contributed by atoms with van der Waals surface area (Å²) in [5, 5.41) is 13.6. The highest BCUT2D eigenvalue weighted by molar-refractivity contribution is 5.94. The number of nitrogens with zero attached hydrogens (tertiary/aromatic N) is 3. The Morgan fingerprint density at radius 2 is 1.90 bits per heavy atom. The van der Waals surface area contributed by atoms with Gasteiger partial charge in [0.25, 0.3) is 5.91 Å². The molecule has 2 heterocycles. The molecule has 2 aromatic rings. The predicted molar refractivity (Wildman–Crippen MR) is 74.7 cm³/mol. The Morgan fingerprint density at radius 3 is 2.50 bits per heavy atom. The van der Waals surface area contributed by atoms with Crippen molar-refractivity contribution in [2.75, 3.05) is 13.1 Å². The van der Waals surface area contributed by atoms with Gasteiger partial charge in [-0.3, -0.25) is 4.79 Å². The molecule has 104 valence electrons. The van der Waals surface area contributed by atoms with Gasteiger partial charge in [0.2, 0.25) is 0 Å². The second-order valence-electron chi connectivity index (χ2n) is 5.02. The summed E-state index contributed by atoms with van der Waals surface area (Å²) in [7, 11) is 0. The van der Waals surface area contributed by atoms with E-state index < -0.39 is 0 Å². The van der Waals surface area contributed by atoms with Crippen LogP contribution in [0.25, 0.3) is 5.69 Å². The maximum absolute atomic E-state index is 12.3. The molecule has 1 fully saturated rings. The second kappa shape index (κ2) is 5.46. The smallest absolute Gasteiger partial charge is 0.253 e. The van der Waals surface area contributed by atoms with E-state index in [0.29, 0.717) is 31.5 Å². The van der Waals surface area contributed by atoms with Crippen molar-refractivity contribution in [1.82, 2.24) is 14.7 Å². The lowest BCUT2D eigenvalue weighted by atomic mass is 10.1. The fourth-order valence-corrected chi connectivity index (χ4v) is 2.43. The first-order valence-corrected chi connectivity index (χ1v) is 6.81. The van der Waals surface area contributed by atoms with E-state index in [1.165, 1.54) is 0 Å². The fraction of sp³-hybridized carbons (Fsp3) is 0.333. The van der Waals surface area contributed by atoms with E-state index >= 15 is 0 Å². The van der Waals surface area contributed by atoms with Crippen LogP contribution in [0, 0.1) is 0 Å². The van der Waals surface area contributed by atoms with Crippen molar-refractivity contribution in [1.29, 1.82) is 0 Å². The first kappa shape index (κ1) is 12.9. The molecule has 0 spiro atoms. The van der Waals surface area contributed by atoms with E-state index in [1.807, 2.05) is 36.5 Å². The largest absolute Gasteiger partial charge is 0.393 e. The maximum Gasteiger partial charge on any atom is 0.253 e. The van der Waals surface area contributed by atoms with Gasteiger partial charge >= 0.3 is 0 Å². The van der Waals surface area contributed by atoms with E-state index in [2.05, 4.69) is 5.10 Å². The zero-order valence-corrected chi connectivity index (χ0v) is 11.1. The average Bonchev–Trinajstić information content (AvgIpc) is 3.02. The van der Waals surface area contributed by atoms with E-state index in [1.54, 1.807) is 15.8 Å². The van der Waals surface area contributed by atoms with Gasteiger partial charge in [0, 0.05) is 31.0 Å². The molecule has 5 nitrogen and oxygen atoms in total. The van der Waals surface area contributed by atoms with Gasteiger partial charge in [-0.05, 0) is 43.2 Å². The van der Waals surface area contributed by atoms with Gasteiger partial charge < -0.3 is 10.0 Å². The van der Waals surface area contributed by atoms with Crippen molar-refractivity contribution in [3.05, 3.63) is 48.3 Å². The SMILES string of the molecule is O=C(c1ccc(-n2cccn2)cc1)N1CCC(O)CC1. The third kappa shape index (κ3) is 2.58. The Morgan fingerprint density at radius 1 is 1.20 bits per heavy atom. The molecule has 1 N–H and O–H groups in total. The summed E-state index contributed by atoms with van der Waals surface area (Å²) in [6.07, 6.45) is 4.65. The summed E-state index contributed by atoms with van der Waals surface area (Å²) in [4.78, 5) is 14.1. The van der Waals surface area contributed by atoms with Gasteiger partial charge in [0.05, 0.1) is 11.8 Å².